The molecule has 0 saturated heterocycles. The van der Waals surface area contributed by atoms with E-state index in [9.17, 15) is 9.90 Å². The molecule has 0 saturated carbocycles. The molecule has 0 bridgehead atoms. The van der Waals surface area contributed by atoms with E-state index in [4.69, 9.17) is 0 Å². The number of hydrogen-bond donors (Lipinski definition) is 2. The molecule has 2 N–H and O–H groups in total. The van der Waals surface area contributed by atoms with E-state index >= 15 is 0 Å². The Kier molecular flexibility index (Phi) is 7.53. The fourth-order valence-corrected chi connectivity index (χ4v) is 2.27. The summed E-state index contributed by atoms with van der Waals surface area (Å²) in [6.45, 7) is 2.61. The summed E-state index contributed by atoms with van der Waals surface area (Å²) in [6.07, 6.45) is 1.13. The molecule has 1 aromatic carbocycles. The van der Waals surface area contributed by atoms with Gasteiger partial charge in [-0.2, -0.15) is 11.8 Å². The van der Waals surface area contributed by atoms with Gasteiger partial charge in [0.05, 0.1) is 11.9 Å². The maximum atomic E-state index is 11.4. The van der Waals surface area contributed by atoms with E-state index in [1.165, 1.54) is 0 Å². The van der Waals surface area contributed by atoms with Crippen molar-refractivity contribution in [1.29, 1.82) is 0 Å². The number of carbonyl (C=O) groups is 1. The molecule has 0 spiro atoms. The number of carbonyl (C=O) groups excluding carboxylic acids is 1. The topological polar surface area (TPSA) is 49.3 Å². The zero-order valence-corrected chi connectivity index (χ0v) is 11.6. The second-order valence-electron chi connectivity index (χ2n) is 4.12. The Hall–Kier alpha value is -1.00. The van der Waals surface area contributed by atoms with Crippen molar-refractivity contribution < 1.29 is 9.90 Å². The van der Waals surface area contributed by atoms with Crippen LogP contribution in [-0.4, -0.2) is 29.1 Å². The van der Waals surface area contributed by atoms with Gasteiger partial charge in [-0.05, 0) is 24.2 Å². The average molecular weight is 267 g/mol. The van der Waals surface area contributed by atoms with E-state index in [1.54, 1.807) is 11.8 Å². The summed E-state index contributed by atoms with van der Waals surface area (Å²) in [7, 11) is 0. The minimum Gasteiger partial charge on any atom is -0.388 e. The molecular weight excluding hydrogens is 246 g/mol. The summed E-state index contributed by atoms with van der Waals surface area (Å²) in [5.74, 6) is 1.57. The largest absolute Gasteiger partial charge is 0.388 e. The molecule has 18 heavy (non-hydrogen) atoms. The normalized spacial score (nSPS) is 12.1. The van der Waals surface area contributed by atoms with Gasteiger partial charge in [-0.15, -0.1) is 0 Å². The highest BCUT2D eigenvalue weighted by atomic mass is 32.2. The first kappa shape index (κ1) is 15.1. The molecule has 1 atom stereocenters. The molecule has 0 aliphatic rings. The van der Waals surface area contributed by atoms with Gasteiger partial charge in [0.1, 0.15) is 0 Å². The molecule has 1 amide bonds. The lowest BCUT2D eigenvalue weighted by Gasteiger charge is -2.11. The molecule has 0 radical (unpaired) electrons. The lowest BCUT2D eigenvalue weighted by atomic mass is 10.1. The maximum absolute atomic E-state index is 11.4. The van der Waals surface area contributed by atoms with Crippen molar-refractivity contribution in [2.45, 2.75) is 25.9 Å². The Morgan fingerprint density at radius 3 is 2.78 bits per heavy atom. The van der Waals surface area contributed by atoms with Crippen molar-refractivity contribution in [2.24, 2.45) is 0 Å². The smallest absolute Gasteiger partial charge is 0.229 e. The SMILES string of the molecule is CCCSCC(=O)NCCC(O)c1ccccc1. The zero-order valence-electron chi connectivity index (χ0n) is 10.8. The number of aliphatic hydroxyl groups is 1. The van der Waals surface area contributed by atoms with Crippen LogP contribution in [0.4, 0.5) is 0 Å². The second-order valence-corrected chi connectivity index (χ2v) is 5.22. The van der Waals surface area contributed by atoms with E-state index in [-0.39, 0.29) is 5.91 Å². The molecule has 0 fully saturated rings. The predicted octanol–water partition coefficient (Wildman–Crippen LogP) is 2.37. The van der Waals surface area contributed by atoms with Crippen molar-refractivity contribution in [3.05, 3.63) is 35.9 Å². The molecule has 100 valence electrons. The lowest BCUT2D eigenvalue weighted by molar-refractivity contribution is -0.118. The van der Waals surface area contributed by atoms with Crippen LogP contribution in [0.15, 0.2) is 30.3 Å². The highest BCUT2D eigenvalue weighted by Gasteiger charge is 2.07. The second kappa shape index (κ2) is 9.00. The van der Waals surface area contributed by atoms with Crippen LogP contribution in [-0.2, 0) is 4.79 Å². The Morgan fingerprint density at radius 2 is 2.11 bits per heavy atom. The molecule has 0 aliphatic carbocycles. The van der Waals surface area contributed by atoms with Crippen molar-refractivity contribution >= 4 is 17.7 Å². The van der Waals surface area contributed by atoms with Crippen LogP contribution in [0.3, 0.4) is 0 Å². The third kappa shape index (κ3) is 6.07. The zero-order chi connectivity index (χ0) is 13.2. The number of amides is 1. The Morgan fingerprint density at radius 1 is 1.39 bits per heavy atom. The number of rotatable bonds is 8. The molecule has 3 nitrogen and oxygen atoms in total. The minimum absolute atomic E-state index is 0.0497. The van der Waals surface area contributed by atoms with Gasteiger partial charge in [-0.25, -0.2) is 0 Å². The van der Waals surface area contributed by atoms with Crippen LogP contribution in [0, 0.1) is 0 Å². The van der Waals surface area contributed by atoms with Crippen LogP contribution in [0.2, 0.25) is 0 Å². The van der Waals surface area contributed by atoms with Gasteiger partial charge in [-0.3, -0.25) is 4.79 Å². The Labute approximate surface area is 113 Å². The standard InChI is InChI=1S/C14H21NO2S/c1-2-10-18-11-14(17)15-9-8-13(16)12-6-4-3-5-7-12/h3-7,13,16H,2,8-11H2,1H3,(H,15,17). The van der Waals surface area contributed by atoms with Crippen molar-refractivity contribution in [1.82, 2.24) is 5.32 Å². The summed E-state index contributed by atoms with van der Waals surface area (Å²) in [4.78, 5) is 11.4. The monoisotopic (exact) mass is 267 g/mol. The van der Waals surface area contributed by atoms with Crippen LogP contribution in [0.25, 0.3) is 0 Å². The number of nitrogens with one attached hydrogen (secondary N) is 1. The Bertz CT molecular complexity index is 343. The first-order valence-corrected chi connectivity index (χ1v) is 7.47. The van der Waals surface area contributed by atoms with Crippen LogP contribution >= 0.6 is 11.8 Å². The van der Waals surface area contributed by atoms with E-state index in [2.05, 4.69) is 12.2 Å². The van der Waals surface area contributed by atoms with Crippen LogP contribution in [0.1, 0.15) is 31.4 Å². The van der Waals surface area contributed by atoms with Gasteiger partial charge in [-0.1, -0.05) is 37.3 Å². The van der Waals surface area contributed by atoms with Gasteiger partial charge >= 0.3 is 0 Å². The highest BCUT2D eigenvalue weighted by Crippen LogP contribution is 2.14. The van der Waals surface area contributed by atoms with E-state index in [0.29, 0.717) is 18.7 Å². The summed E-state index contributed by atoms with van der Waals surface area (Å²) >= 11 is 1.64. The first-order valence-electron chi connectivity index (χ1n) is 6.31. The molecule has 0 heterocycles. The number of hydrogen-bond acceptors (Lipinski definition) is 3. The number of thioether (sulfide) groups is 1. The van der Waals surface area contributed by atoms with Crippen molar-refractivity contribution in [2.75, 3.05) is 18.1 Å². The van der Waals surface area contributed by atoms with E-state index < -0.39 is 6.10 Å². The van der Waals surface area contributed by atoms with Crippen molar-refractivity contribution in [3.63, 3.8) is 0 Å². The molecular formula is C14H21NO2S. The third-order valence-corrected chi connectivity index (χ3v) is 3.67. The molecule has 0 aliphatic heterocycles. The highest BCUT2D eigenvalue weighted by molar-refractivity contribution is 7.99. The van der Waals surface area contributed by atoms with E-state index in [0.717, 1.165) is 17.7 Å². The van der Waals surface area contributed by atoms with Gasteiger partial charge in [0.15, 0.2) is 0 Å². The quantitative estimate of drug-likeness (QED) is 0.711. The van der Waals surface area contributed by atoms with Crippen LogP contribution in [0.5, 0.6) is 0 Å². The summed E-state index contributed by atoms with van der Waals surface area (Å²) in [5, 5.41) is 12.7. The number of benzene rings is 1. The molecule has 1 unspecified atom stereocenters. The molecule has 4 heteroatoms. The summed E-state index contributed by atoms with van der Waals surface area (Å²) in [5.41, 5.74) is 0.895. The molecule has 1 rings (SSSR count). The first-order chi connectivity index (χ1) is 8.74. The Balaban J connectivity index is 2.16. The predicted molar refractivity (Wildman–Crippen MR) is 76.6 cm³/mol. The molecule has 1 aromatic rings. The minimum atomic E-state index is -0.505. The van der Waals surface area contributed by atoms with Gasteiger partial charge in [0.2, 0.25) is 5.91 Å². The van der Waals surface area contributed by atoms with E-state index in [1.807, 2.05) is 30.3 Å². The maximum Gasteiger partial charge on any atom is 0.229 e. The fraction of sp³-hybridized carbons (Fsp3) is 0.500. The van der Waals surface area contributed by atoms with Gasteiger partial charge < -0.3 is 10.4 Å². The summed E-state index contributed by atoms with van der Waals surface area (Å²) < 4.78 is 0. The van der Waals surface area contributed by atoms with Crippen molar-refractivity contribution in [3.8, 4) is 0 Å². The molecule has 0 aromatic heterocycles. The van der Waals surface area contributed by atoms with Gasteiger partial charge in [0.25, 0.3) is 0 Å². The fourth-order valence-electron chi connectivity index (χ4n) is 1.55. The van der Waals surface area contributed by atoms with Gasteiger partial charge in [0, 0.05) is 6.54 Å². The average Bonchev–Trinajstić information content (AvgIpc) is 2.40. The lowest BCUT2D eigenvalue weighted by Crippen LogP contribution is -2.27. The number of aliphatic hydroxyl groups excluding tert-OH is 1. The third-order valence-electron chi connectivity index (χ3n) is 2.51. The van der Waals surface area contributed by atoms with Crippen LogP contribution < -0.4 is 5.32 Å². The summed E-state index contributed by atoms with van der Waals surface area (Å²) in [6, 6.07) is 9.51.